The zero-order chi connectivity index (χ0) is 18.5. The van der Waals surface area contributed by atoms with Crippen LogP contribution in [0.1, 0.15) is 0 Å². The number of halogens is 2. The van der Waals surface area contributed by atoms with Gasteiger partial charge in [0.2, 0.25) is 5.91 Å². The van der Waals surface area contributed by atoms with Crippen molar-refractivity contribution in [1.29, 1.82) is 0 Å². The molecular weight excluding hydrogens is 373 g/mol. The van der Waals surface area contributed by atoms with Crippen molar-refractivity contribution >= 4 is 40.5 Å². The van der Waals surface area contributed by atoms with Crippen LogP contribution >= 0.6 is 23.2 Å². The first-order valence-corrected chi connectivity index (χ1v) is 9.17. The highest BCUT2D eigenvalue weighted by molar-refractivity contribution is 6.36. The fourth-order valence-electron chi connectivity index (χ4n) is 2.94. The van der Waals surface area contributed by atoms with Crippen LogP contribution in [-0.4, -0.2) is 50.6 Å². The van der Waals surface area contributed by atoms with Crippen molar-refractivity contribution in [2.24, 2.45) is 0 Å². The van der Waals surface area contributed by atoms with Crippen molar-refractivity contribution in [1.82, 2.24) is 4.90 Å². The largest absolute Gasteiger partial charge is 0.497 e. The number of amides is 1. The fourth-order valence-corrected chi connectivity index (χ4v) is 3.40. The molecule has 2 aromatic rings. The molecule has 0 saturated carbocycles. The van der Waals surface area contributed by atoms with Crippen molar-refractivity contribution in [2.45, 2.75) is 0 Å². The lowest BCUT2D eigenvalue weighted by molar-refractivity contribution is -0.117. The van der Waals surface area contributed by atoms with Gasteiger partial charge in [-0.3, -0.25) is 9.69 Å². The van der Waals surface area contributed by atoms with E-state index in [9.17, 15) is 4.79 Å². The van der Waals surface area contributed by atoms with Crippen LogP contribution in [0.5, 0.6) is 5.75 Å². The Morgan fingerprint density at radius 3 is 2.38 bits per heavy atom. The summed E-state index contributed by atoms with van der Waals surface area (Å²) in [5.41, 5.74) is 1.75. The molecule has 1 aliphatic rings. The Labute approximate surface area is 163 Å². The molecule has 0 aliphatic carbocycles. The molecule has 138 valence electrons. The second-order valence-electron chi connectivity index (χ2n) is 6.13. The van der Waals surface area contributed by atoms with Crippen molar-refractivity contribution in [3.63, 3.8) is 0 Å². The predicted octanol–water partition coefficient (Wildman–Crippen LogP) is 3.76. The quantitative estimate of drug-likeness (QED) is 0.839. The Morgan fingerprint density at radius 2 is 1.77 bits per heavy atom. The number of ether oxygens (including phenoxy) is 1. The van der Waals surface area contributed by atoms with E-state index in [1.165, 1.54) is 5.69 Å². The molecule has 5 nitrogen and oxygen atoms in total. The summed E-state index contributed by atoms with van der Waals surface area (Å²) in [4.78, 5) is 16.7. The van der Waals surface area contributed by atoms with Gasteiger partial charge < -0.3 is 15.0 Å². The maximum Gasteiger partial charge on any atom is 0.238 e. The second-order valence-corrected chi connectivity index (χ2v) is 6.98. The van der Waals surface area contributed by atoms with E-state index in [0.717, 1.165) is 31.9 Å². The van der Waals surface area contributed by atoms with Crippen LogP contribution in [0.3, 0.4) is 0 Å². The molecule has 26 heavy (non-hydrogen) atoms. The summed E-state index contributed by atoms with van der Waals surface area (Å²) >= 11 is 12.0. The van der Waals surface area contributed by atoms with E-state index in [1.54, 1.807) is 25.3 Å². The van der Waals surface area contributed by atoms with E-state index in [4.69, 9.17) is 27.9 Å². The zero-order valence-corrected chi connectivity index (χ0v) is 16.1. The molecule has 0 bridgehead atoms. The third-order valence-electron chi connectivity index (χ3n) is 4.38. The van der Waals surface area contributed by atoms with Crippen molar-refractivity contribution in [2.75, 3.05) is 50.1 Å². The molecule has 1 amide bonds. The lowest BCUT2D eigenvalue weighted by atomic mass is 10.2. The second kappa shape index (κ2) is 8.62. The van der Waals surface area contributed by atoms with Crippen LogP contribution < -0.4 is 15.0 Å². The minimum absolute atomic E-state index is 0.0767. The van der Waals surface area contributed by atoms with Gasteiger partial charge in [-0.25, -0.2) is 0 Å². The van der Waals surface area contributed by atoms with Crippen molar-refractivity contribution in [3.05, 3.63) is 52.5 Å². The molecule has 0 aromatic heterocycles. The number of carbonyl (C=O) groups is 1. The maximum absolute atomic E-state index is 12.3. The molecule has 0 radical (unpaired) electrons. The summed E-state index contributed by atoms with van der Waals surface area (Å²) in [6.07, 6.45) is 0. The van der Waals surface area contributed by atoms with Gasteiger partial charge in [0.1, 0.15) is 5.75 Å². The number of rotatable bonds is 5. The van der Waals surface area contributed by atoms with Gasteiger partial charge >= 0.3 is 0 Å². The molecule has 1 fully saturated rings. The van der Waals surface area contributed by atoms with E-state index in [2.05, 4.69) is 27.2 Å². The highest BCUT2D eigenvalue weighted by atomic mass is 35.5. The molecule has 7 heteroatoms. The SMILES string of the molecule is COc1ccc(N2CCN(CC(=O)Nc3ccc(Cl)cc3Cl)CC2)cc1. The van der Waals surface area contributed by atoms with E-state index < -0.39 is 0 Å². The molecule has 0 unspecified atom stereocenters. The zero-order valence-electron chi connectivity index (χ0n) is 14.5. The Bertz CT molecular complexity index is 760. The summed E-state index contributed by atoms with van der Waals surface area (Å²) < 4.78 is 5.19. The number of hydrogen-bond donors (Lipinski definition) is 1. The van der Waals surface area contributed by atoms with Gasteiger partial charge in [0.15, 0.2) is 0 Å². The van der Waals surface area contributed by atoms with Gasteiger partial charge in [0.05, 0.1) is 24.4 Å². The van der Waals surface area contributed by atoms with Gasteiger partial charge in [-0.15, -0.1) is 0 Å². The van der Waals surface area contributed by atoms with E-state index in [1.807, 2.05) is 12.1 Å². The Kier molecular flexibility index (Phi) is 6.25. The normalized spacial score (nSPS) is 15.0. The van der Waals surface area contributed by atoms with Gasteiger partial charge in [-0.05, 0) is 42.5 Å². The van der Waals surface area contributed by atoms with Gasteiger partial charge in [-0.2, -0.15) is 0 Å². The van der Waals surface area contributed by atoms with E-state index in [0.29, 0.717) is 22.3 Å². The summed E-state index contributed by atoms with van der Waals surface area (Å²) in [5, 5.41) is 3.83. The lowest BCUT2D eigenvalue weighted by Gasteiger charge is -2.35. The molecular formula is C19H21Cl2N3O2. The number of anilines is 2. The first kappa shape index (κ1) is 18.8. The number of nitrogens with one attached hydrogen (secondary N) is 1. The molecule has 0 atom stereocenters. The topological polar surface area (TPSA) is 44.8 Å². The van der Waals surface area contributed by atoms with E-state index >= 15 is 0 Å². The fraction of sp³-hybridized carbons (Fsp3) is 0.316. The highest BCUT2D eigenvalue weighted by Gasteiger charge is 2.19. The lowest BCUT2D eigenvalue weighted by Crippen LogP contribution is -2.48. The molecule has 1 heterocycles. The Hall–Kier alpha value is -1.95. The molecule has 1 aliphatic heterocycles. The number of nitrogens with zero attached hydrogens (tertiary/aromatic N) is 2. The predicted molar refractivity (Wildman–Crippen MR) is 107 cm³/mol. The van der Waals surface area contributed by atoms with Crippen molar-refractivity contribution in [3.8, 4) is 5.75 Å². The van der Waals surface area contributed by atoms with Gasteiger partial charge in [0.25, 0.3) is 0 Å². The number of hydrogen-bond acceptors (Lipinski definition) is 4. The average Bonchev–Trinajstić information content (AvgIpc) is 2.65. The average molecular weight is 394 g/mol. The first-order valence-electron chi connectivity index (χ1n) is 8.41. The molecule has 1 saturated heterocycles. The van der Waals surface area contributed by atoms with Crippen LogP contribution in [-0.2, 0) is 4.79 Å². The number of piperazine rings is 1. The van der Waals surface area contributed by atoms with E-state index in [-0.39, 0.29) is 5.91 Å². The minimum Gasteiger partial charge on any atom is -0.497 e. The molecule has 3 rings (SSSR count). The van der Waals surface area contributed by atoms with Crippen LogP contribution in [0.25, 0.3) is 0 Å². The maximum atomic E-state index is 12.3. The molecule has 0 spiro atoms. The van der Waals surface area contributed by atoms with Gasteiger partial charge in [-0.1, -0.05) is 23.2 Å². The summed E-state index contributed by atoms with van der Waals surface area (Å²) in [5.74, 6) is 0.775. The smallest absolute Gasteiger partial charge is 0.238 e. The van der Waals surface area contributed by atoms with Crippen LogP contribution in [0, 0.1) is 0 Å². The third kappa shape index (κ3) is 4.81. The van der Waals surface area contributed by atoms with Crippen molar-refractivity contribution < 1.29 is 9.53 Å². The Balaban J connectivity index is 1.49. The van der Waals surface area contributed by atoms with Crippen LogP contribution in [0.2, 0.25) is 10.0 Å². The first-order chi connectivity index (χ1) is 12.5. The number of carbonyl (C=O) groups excluding carboxylic acids is 1. The monoisotopic (exact) mass is 393 g/mol. The third-order valence-corrected chi connectivity index (χ3v) is 4.93. The Morgan fingerprint density at radius 1 is 1.08 bits per heavy atom. The molecule has 2 aromatic carbocycles. The minimum atomic E-state index is -0.0767. The summed E-state index contributed by atoms with van der Waals surface area (Å²) in [6.45, 7) is 3.75. The highest BCUT2D eigenvalue weighted by Crippen LogP contribution is 2.25. The summed E-state index contributed by atoms with van der Waals surface area (Å²) in [6, 6.07) is 13.1. The van der Waals surface area contributed by atoms with Gasteiger partial charge in [0, 0.05) is 36.9 Å². The van der Waals surface area contributed by atoms with Crippen LogP contribution in [0.4, 0.5) is 11.4 Å². The van der Waals surface area contributed by atoms with Crippen LogP contribution in [0.15, 0.2) is 42.5 Å². The molecule has 1 N–H and O–H groups in total. The number of benzene rings is 2. The number of methoxy groups -OCH3 is 1. The standard InChI is InChI=1S/C19H21Cl2N3O2/c1-26-16-5-3-15(4-6-16)24-10-8-23(9-11-24)13-19(25)22-18-7-2-14(20)12-17(18)21/h2-7,12H,8-11,13H2,1H3,(H,22,25). The summed E-state index contributed by atoms with van der Waals surface area (Å²) in [7, 11) is 1.66.